The molecule has 2 heteroatoms. The van der Waals surface area contributed by atoms with E-state index in [0.29, 0.717) is 5.15 Å². The van der Waals surface area contributed by atoms with Crippen LogP contribution in [0.1, 0.15) is 11.3 Å². The maximum atomic E-state index is 6.00. The maximum Gasteiger partial charge on any atom is 0.137 e. The molecule has 0 aliphatic heterocycles. The zero-order chi connectivity index (χ0) is 9.42. The molecule has 0 saturated heterocycles. The summed E-state index contributed by atoms with van der Waals surface area (Å²) < 4.78 is 0. The lowest BCUT2D eigenvalue weighted by Gasteiger charge is -2.02. The van der Waals surface area contributed by atoms with Gasteiger partial charge >= 0.3 is 0 Å². The van der Waals surface area contributed by atoms with Crippen molar-refractivity contribution in [2.45, 2.75) is 13.8 Å². The lowest BCUT2D eigenvalue weighted by atomic mass is 10.1. The first-order valence-electron chi connectivity index (χ1n) is 4.20. The zero-order valence-corrected chi connectivity index (χ0v) is 8.39. The summed E-state index contributed by atoms with van der Waals surface area (Å²) >= 11 is 6.00. The van der Waals surface area contributed by atoms with E-state index in [1.54, 1.807) is 0 Å². The Morgan fingerprint density at radius 2 is 1.92 bits per heavy atom. The molecular formula is C11H10ClN. The Bertz CT molecular complexity index is 458. The smallest absolute Gasteiger partial charge is 0.137 e. The van der Waals surface area contributed by atoms with Gasteiger partial charge in [-0.2, -0.15) is 0 Å². The number of aryl methyl sites for hydroxylation is 2. The van der Waals surface area contributed by atoms with Crippen molar-refractivity contribution in [2.24, 2.45) is 0 Å². The largest absolute Gasteiger partial charge is 0.241 e. The van der Waals surface area contributed by atoms with E-state index in [1.807, 2.05) is 25.1 Å². The standard InChI is InChI=1S/C11H10ClN/c1-7-3-4-10-9(5-7)6-8(2)13-11(10)12/h3-6H,1-2H3. The van der Waals surface area contributed by atoms with Gasteiger partial charge in [-0.1, -0.05) is 35.4 Å². The molecule has 2 aromatic rings. The summed E-state index contributed by atoms with van der Waals surface area (Å²) in [6, 6.07) is 8.23. The number of benzene rings is 1. The summed E-state index contributed by atoms with van der Waals surface area (Å²) in [5.41, 5.74) is 2.21. The second kappa shape index (κ2) is 3.00. The third-order valence-electron chi connectivity index (χ3n) is 2.07. The molecule has 2 rings (SSSR count). The molecule has 0 unspecified atom stereocenters. The number of pyridine rings is 1. The molecule has 0 atom stereocenters. The van der Waals surface area contributed by atoms with Crippen molar-refractivity contribution in [3.05, 3.63) is 40.7 Å². The first kappa shape index (κ1) is 8.52. The molecule has 0 saturated carbocycles. The Morgan fingerprint density at radius 1 is 1.15 bits per heavy atom. The Labute approximate surface area is 82.4 Å². The molecule has 13 heavy (non-hydrogen) atoms. The van der Waals surface area contributed by atoms with Gasteiger partial charge in [0.15, 0.2) is 0 Å². The van der Waals surface area contributed by atoms with E-state index in [0.717, 1.165) is 16.5 Å². The summed E-state index contributed by atoms with van der Waals surface area (Å²) in [7, 11) is 0. The molecule has 0 spiro atoms. The second-order valence-corrected chi connectivity index (χ2v) is 3.64. The average molecular weight is 192 g/mol. The van der Waals surface area contributed by atoms with E-state index in [2.05, 4.69) is 18.0 Å². The number of hydrogen-bond donors (Lipinski definition) is 0. The fourth-order valence-corrected chi connectivity index (χ4v) is 1.77. The fraction of sp³-hybridized carbons (Fsp3) is 0.182. The maximum absolute atomic E-state index is 6.00. The van der Waals surface area contributed by atoms with Crippen molar-refractivity contribution in [3.8, 4) is 0 Å². The van der Waals surface area contributed by atoms with E-state index < -0.39 is 0 Å². The van der Waals surface area contributed by atoms with Gasteiger partial charge in [-0.25, -0.2) is 4.98 Å². The van der Waals surface area contributed by atoms with Crippen molar-refractivity contribution < 1.29 is 0 Å². The number of rotatable bonds is 0. The summed E-state index contributed by atoms with van der Waals surface area (Å²) in [6.45, 7) is 4.02. The monoisotopic (exact) mass is 191 g/mol. The van der Waals surface area contributed by atoms with Crippen molar-refractivity contribution in [3.63, 3.8) is 0 Å². The molecule has 66 valence electrons. The first-order chi connectivity index (χ1) is 6.16. The van der Waals surface area contributed by atoms with E-state index in [-0.39, 0.29) is 0 Å². The van der Waals surface area contributed by atoms with Crippen LogP contribution in [0.3, 0.4) is 0 Å². The molecular weight excluding hydrogens is 182 g/mol. The number of hydrogen-bond acceptors (Lipinski definition) is 1. The quantitative estimate of drug-likeness (QED) is 0.581. The van der Waals surface area contributed by atoms with Crippen molar-refractivity contribution in [2.75, 3.05) is 0 Å². The van der Waals surface area contributed by atoms with Crippen LogP contribution in [0.5, 0.6) is 0 Å². The minimum absolute atomic E-state index is 0.593. The van der Waals surface area contributed by atoms with Gasteiger partial charge in [0.1, 0.15) is 5.15 Å². The zero-order valence-electron chi connectivity index (χ0n) is 7.63. The fourth-order valence-electron chi connectivity index (χ4n) is 1.46. The molecule has 0 bridgehead atoms. The van der Waals surface area contributed by atoms with Crippen molar-refractivity contribution in [1.29, 1.82) is 0 Å². The van der Waals surface area contributed by atoms with Gasteiger partial charge in [0.05, 0.1) is 0 Å². The van der Waals surface area contributed by atoms with Crippen LogP contribution in [0, 0.1) is 13.8 Å². The van der Waals surface area contributed by atoms with Crippen LogP contribution in [0.2, 0.25) is 5.15 Å². The highest BCUT2D eigenvalue weighted by molar-refractivity contribution is 6.34. The van der Waals surface area contributed by atoms with Crippen LogP contribution in [0.15, 0.2) is 24.3 Å². The Morgan fingerprint density at radius 3 is 2.69 bits per heavy atom. The van der Waals surface area contributed by atoms with Gasteiger partial charge in [0.2, 0.25) is 0 Å². The Hall–Kier alpha value is -1.08. The van der Waals surface area contributed by atoms with Crippen LogP contribution < -0.4 is 0 Å². The topological polar surface area (TPSA) is 12.9 Å². The van der Waals surface area contributed by atoms with Crippen LogP contribution in [0.4, 0.5) is 0 Å². The van der Waals surface area contributed by atoms with Crippen LogP contribution in [-0.2, 0) is 0 Å². The number of aromatic nitrogens is 1. The third-order valence-corrected chi connectivity index (χ3v) is 2.36. The van der Waals surface area contributed by atoms with Gasteiger partial charge in [0.25, 0.3) is 0 Å². The molecule has 0 N–H and O–H groups in total. The molecule has 1 nitrogen and oxygen atoms in total. The minimum Gasteiger partial charge on any atom is -0.241 e. The lowest BCUT2D eigenvalue weighted by molar-refractivity contribution is 1.22. The molecule has 1 aromatic heterocycles. The Balaban J connectivity index is 2.86. The summed E-state index contributed by atoms with van der Waals surface area (Å²) in [4.78, 5) is 4.20. The second-order valence-electron chi connectivity index (χ2n) is 3.28. The van der Waals surface area contributed by atoms with Gasteiger partial charge in [-0.05, 0) is 25.3 Å². The normalized spacial score (nSPS) is 10.7. The van der Waals surface area contributed by atoms with E-state index >= 15 is 0 Å². The molecule has 0 aliphatic rings. The number of halogens is 1. The Kier molecular flexibility index (Phi) is 1.97. The predicted octanol–water partition coefficient (Wildman–Crippen LogP) is 3.51. The SMILES string of the molecule is Cc1ccc2c(Cl)nc(C)cc2c1. The van der Waals surface area contributed by atoms with Crippen molar-refractivity contribution >= 4 is 22.4 Å². The third kappa shape index (κ3) is 1.52. The number of fused-ring (bicyclic) bond motifs is 1. The average Bonchev–Trinajstić information content (AvgIpc) is 2.02. The first-order valence-corrected chi connectivity index (χ1v) is 4.58. The van der Waals surface area contributed by atoms with Gasteiger partial charge in [0, 0.05) is 11.1 Å². The van der Waals surface area contributed by atoms with E-state index in [1.165, 1.54) is 5.56 Å². The highest BCUT2D eigenvalue weighted by Crippen LogP contribution is 2.23. The molecule has 1 heterocycles. The van der Waals surface area contributed by atoms with Gasteiger partial charge in [-0.15, -0.1) is 0 Å². The van der Waals surface area contributed by atoms with Crippen LogP contribution in [0.25, 0.3) is 10.8 Å². The van der Waals surface area contributed by atoms with Crippen LogP contribution >= 0.6 is 11.6 Å². The van der Waals surface area contributed by atoms with Crippen molar-refractivity contribution in [1.82, 2.24) is 4.98 Å². The highest BCUT2D eigenvalue weighted by atomic mass is 35.5. The van der Waals surface area contributed by atoms with E-state index in [4.69, 9.17) is 11.6 Å². The summed E-state index contributed by atoms with van der Waals surface area (Å²) in [5, 5.41) is 2.78. The predicted molar refractivity (Wildman–Crippen MR) is 56.2 cm³/mol. The summed E-state index contributed by atoms with van der Waals surface area (Å²) in [5.74, 6) is 0. The molecule has 0 fully saturated rings. The summed E-state index contributed by atoms with van der Waals surface area (Å²) in [6.07, 6.45) is 0. The molecule has 0 radical (unpaired) electrons. The number of nitrogens with zero attached hydrogens (tertiary/aromatic N) is 1. The molecule has 0 aliphatic carbocycles. The lowest BCUT2D eigenvalue weighted by Crippen LogP contribution is -1.84. The molecule has 1 aromatic carbocycles. The van der Waals surface area contributed by atoms with Crippen LogP contribution in [-0.4, -0.2) is 4.98 Å². The van der Waals surface area contributed by atoms with Gasteiger partial charge in [-0.3, -0.25) is 0 Å². The minimum atomic E-state index is 0.593. The molecule has 0 amide bonds. The van der Waals surface area contributed by atoms with Gasteiger partial charge < -0.3 is 0 Å². The van der Waals surface area contributed by atoms with E-state index in [9.17, 15) is 0 Å². The highest BCUT2D eigenvalue weighted by Gasteiger charge is 2.00.